The van der Waals surface area contributed by atoms with Gasteiger partial charge in [-0.05, 0) is 19.1 Å². The minimum atomic E-state index is -0.556. The van der Waals surface area contributed by atoms with Gasteiger partial charge in [-0.15, -0.1) is 0 Å². The number of aryl methyl sites for hydroxylation is 1. The molecular formula is C20H15FN6O2. The van der Waals surface area contributed by atoms with E-state index in [-0.39, 0.29) is 18.3 Å². The lowest BCUT2D eigenvalue weighted by Gasteiger charge is -2.10. The molecule has 0 aliphatic rings. The summed E-state index contributed by atoms with van der Waals surface area (Å²) in [5.74, 6) is -0.255. The Kier molecular flexibility index (Phi) is 4.52. The molecule has 0 radical (unpaired) electrons. The normalized spacial score (nSPS) is 10.8. The summed E-state index contributed by atoms with van der Waals surface area (Å²) in [7, 11) is 1.46. The molecule has 3 heterocycles. The van der Waals surface area contributed by atoms with Crippen LogP contribution in [0.3, 0.4) is 0 Å². The number of aromatic nitrogens is 5. The Morgan fingerprint density at radius 3 is 2.76 bits per heavy atom. The number of phenolic OH excluding ortho intramolecular Hbond substituents is 1. The van der Waals surface area contributed by atoms with E-state index < -0.39 is 5.82 Å². The SMILES string of the molecule is COc1nc(C)c2nc(-c3cncc(C#N)c3)n(Cc3ccc(O)cc3F)c2n1. The summed E-state index contributed by atoms with van der Waals surface area (Å²) in [6, 6.07) is 7.82. The van der Waals surface area contributed by atoms with Gasteiger partial charge in [-0.3, -0.25) is 4.98 Å². The highest BCUT2D eigenvalue weighted by atomic mass is 19.1. The van der Waals surface area contributed by atoms with Gasteiger partial charge in [0.25, 0.3) is 0 Å². The smallest absolute Gasteiger partial charge is 0.318 e. The molecule has 1 N–H and O–H groups in total. The number of imidazole rings is 1. The number of rotatable bonds is 4. The average Bonchev–Trinajstić information content (AvgIpc) is 3.09. The third-order valence-electron chi connectivity index (χ3n) is 4.42. The van der Waals surface area contributed by atoms with Crippen molar-refractivity contribution in [1.82, 2.24) is 24.5 Å². The third-order valence-corrected chi connectivity index (χ3v) is 4.42. The standard InChI is InChI=1S/C20H15FN6O2/c1-11-17-19(26-20(24-11)29-2)27(10-13-3-4-15(28)6-16(13)21)18(25-17)14-5-12(7-22)8-23-9-14/h3-6,8-9,28H,10H2,1-2H3. The zero-order valence-corrected chi connectivity index (χ0v) is 15.6. The summed E-state index contributed by atoms with van der Waals surface area (Å²) in [5.41, 5.74) is 2.88. The fourth-order valence-electron chi connectivity index (χ4n) is 3.03. The third kappa shape index (κ3) is 3.32. The van der Waals surface area contributed by atoms with Crippen molar-refractivity contribution in [2.24, 2.45) is 0 Å². The van der Waals surface area contributed by atoms with Crippen LogP contribution in [0.4, 0.5) is 4.39 Å². The second kappa shape index (κ2) is 7.16. The zero-order chi connectivity index (χ0) is 20.5. The van der Waals surface area contributed by atoms with Crippen LogP contribution in [0.25, 0.3) is 22.6 Å². The van der Waals surface area contributed by atoms with Gasteiger partial charge < -0.3 is 14.4 Å². The predicted octanol–water partition coefficient (Wildman–Crippen LogP) is 2.97. The molecule has 0 bridgehead atoms. The summed E-state index contributed by atoms with van der Waals surface area (Å²) < 4.78 is 21.3. The van der Waals surface area contributed by atoms with Crippen LogP contribution < -0.4 is 4.74 Å². The molecule has 0 spiro atoms. The summed E-state index contributed by atoms with van der Waals surface area (Å²) in [4.78, 5) is 17.4. The van der Waals surface area contributed by atoms with E-state index in [2.05, 4.69) is 19.9 Å². The van der Waals surface area contributed by atoms with Crippen LogP contribution in [0.5, 0.6) is 11.8 Å². The van der Waals surface area contributed by atoms with Crippen LogP contribution in [0.2, 0.25) is 0 Å². The van der Waals surface area contributed by atoms with Gasteiger partial charge in [0, 0.05) is 29.6 Å². The maximum Gasteiger partial charge on any atom is 0.318 e. The predicted molar refractivity (Wildman–Crippen MR) is 102 cm³/mol. The number of phenols is 1. The number of hydrogen-bond donors (Lipinski definition) is 1. The van der Waals surface area contributed by atoms with Crippen molar-refractivity contribution >= 4 is 11.2 Å². The first kappa shape index (κ1) is 18.3. The summed E-state index contributed by atoms with van der Waals surface area (Å²) in [6.07, 6.45) is 3.02. The van der Waals surface area contributed by atoms with E-state index >= 15 is 0 Å². The second-order valence-electron chi connectivity index (χ2n) is 6.34. The number of ether oxygens (including phenoxy) is 1. The Balaban J connectivity index is 1.98. The lowest BCUT2D eigenvalue weighted by Crippen LogP contribution is -2.06. The van der Waals surface area contributed by atoms with Crippen molar-refractivity contribution in [2.75, 3.05) is 7.11 Å². The van der Waals surface area contributed by atoms with Gasteiger partial charge in [0.1, 0.15) is 29.0 Å². The van der Waals surface area contributed by atoms with Gasteiger partial charge in [0.2, 0.25) is 0 Å². The molecule has 0 aliphatic carbocycles. The van der Waals surface area contributed by atoms with Crippen molar-refractivity contribution in [1.29, 1.82) is 5.26 Å². The number of aromatic hydroxyl groups is 1. The molecule has 9 heteroatoms. The van der Waals surface area contributed by atoms with Gasteiger partial charge in [-0.25, -0.2) is 9.37 Å². The van der Waals surface area contributed by atoms with E-state index in [0.29, 0.717) is 39.4 Å². The number of nitriles is 1. The molecule has 29 heavy (non-hydrogen) atoms. The van der Waals surface area contributed by atoms with E-state index in [1.54, 1.807) is 23.8 Å². The number of benzene rings is 1. The number of pyridine rings is 1. The first-order valence-corrected chi connectivity index (χ1v) is 8.62. The van der Waals surface area contributed by atoms with Crippen molar-refractivity contribution in [3.8, 4) is 29.2 Å². The number of nitrogens with zero attached hydrogens (tertiary/aromatic N) is 6. The van der Waals surface area contributed by atoms with Crippen molar-refractivity contribution in [2.45, 2.75) is 13.5 Å². The van der Waals surface area contributed by atoms with Gasteiger partial charge in [-0.2, -0.15) is 15.2 Å². The van der Waals surface area contributed by atoms with Gasteiger partial charge in [0.05, 0.1) is 24.9 Å². The number of hydrogen-bond acceptors (Lipinski definition) is 7. The summed E-state index contributed by atoms with van der Waals surface area (Å²) in [5, 5.41) is 18.7. The lowest BCUT2D eigenvalue weighted by molar-refractivity contribution is 0.380. The lowest BCUT2D eigenvalue weighted by atomic mass is 10.1. The Hall–Kier alpha value is -4.06. The molecule has 144 valence electrons. The summed E-state index contributed by atoms with van der Waals surface area (Å²) in [6.45, 7) is 1.87. The van der Waals surface area contributed by atoms with Crippen LogP contribution in [0.15, 0.2) is 36.7 Å². The molecule has 4 rings (SSSR count). The van der Waals surface area contributed by atoms with E-state index in [9.17, 15) is 14.8 Å². The van der Waals surface area contributed by atoms with Gasteiger partial charge in [0.15, 0.2) is 5.65 Å². The Labute approximate surface area is 164 Å². The molecule has 0 amide bonds. The number of halogens is 1. The molecule has 0 aliphatic heterocycles. The minimum Gasteiger partial charge on any atom is -0.508 e. The highest BCUT2D eigenvalue weighted by molar-refractivity contribution is 5.79. The topological polar surface area (TPSA) is 110 Å². The fraction of sp³-hybridized carbons (Fsp3) is 0.150. The molecule has 0 atom stereocenters. The van der Waals surface area contributed by atoms with Gasteiger partial charge >= 0.3 is 6.01 Å². The molecule has 0 saturated carbocycles. The van der Waals surface area contributed by atoms with Crippen molar-refractivity contribution in [3.63, 3.8) is 0 Å². The quantitative estimate of drug-likeness (QED) is 0.570. The first-order valence-electron chi connectivity index (χ1n) is 8.62. The van der Waals surface area contributed by atoms with Crippen LogP contribution in [-0.2, 0) is 6.54 Å². The fourth-order valence-corrected chi connectivity index (χ4v) is 3.03. The van der Waals surface area contributed by atoms with Crippen LogP contribution in [0.1, 0.15) is 16.8 Å². The first-order chi connectivity index (χ1) is 14.0. The molecule has 8 nitrogen and oxygen atoms in total. The Morgan fingerprint density at radius 2 is 2.03 bits per heavy atom. The molecule has 4 aromatic rings. The average molecular weight is 390 g/mol. The van der Waals surface area contributed by atoms with Gasteiger partial charge in [-0.1, -0.05) is 6.07 Å². The Morgan fingerprint density at radius 1 is 1.21 bits per heavy atom. The van der Waals surface area contributed by atoms with Crippen LogP contribution in [0, 0.1) is 24.1 Å². The maximum atomic E-state index is 14.4. The molecule has 0 saturated heterocycles. The maximum absolute atomic E-state index is 14.4. The summed E-state index contributed by atoms with van der Waals surface area (Å²) >= 11 is 0. The number of methoxy groups -OCH3 is 1. The van der Waals surface area contributed by atoms with E-state index in [0.717, 1.165) is 6.07 Å². The zero-order valence-electron chi connectivity index (χ0n) is 15.6. The second-order valence-corrected chi connectivity index (χ2v) is 6.34. The highest BCUT2D eigenvalue weighted by Gasteiger charge is 2.19. The molecule has 3 aromatic heterocycles. The van der Waals surface area contributed by atoms with Crippen LogP contribution >= 0.6 is 0 Å². The molecule has 1 aromatic carbocycles. The Bertz CT molecular complexity index is 1280. The largest absolute Gasteiger partial charge is 0.508 e. The van der Waals surface area contributed by atoms with Crippen LogP contribution in [-0.4, -0.2) is 36.7 Å². The monoisotopic (exact) mass is 390 g/mol. The minimum absolute atomic E-state index is 0.0916. The van der Waals surface area contributed by atoms with E-state index in [4.69, 9.17) is 4.74 Å². The van der Waals surface area contributed by atoms with E-state index in [1.165, 1.54) is 25.4 Å². The molecular weight excluding hydrogens is 375 g/mol. The van der Waals surface area contributed by atoms with Crippen molar-refractivity contribution in [3.05, 3.63) is 59.3 Å². The van der Waals surface area contributed by atoms with E-state index in [1.807, 2.05) is 6.07 Å². The highest BCUT2D eigenvalue weighted by Crippen LogP contribution is 2.28. The molecule has 0 fully saturated rings. The molecule has 0 unspecified atom stereocenters. The number of fused-ring (bicyclic) bond motifs is 1. The van der Waals surface area contributed by atoms with Crippen molar-refractivity contribution < 1.29 is 14.2 Å².